The van der Waals surface area contributed by atoms with Gasteiger partial charge >= 0.3 is 0 Å². The average molecular weight is 439 g/mol. The number of carbonyl (C=O) groups excluding carboxylic acids is 1. The minimum absolute atomic E-state index is 0.0884. The van der Waals surface area contributed by atoms with Gasteiger partial charge in [0.2, 0.25) is 5.91 Å². The molecule has 2 aromatic heterocycles. The largest absolute Gasteiger partial charge is 0.361 e. The number of piperazine rings is 1. The number of nitrogens with zero attached hydrogens (tertiary/aromatic N) is 4. The fourth-order valence-corrected chi connectivity index (χ4v) is 6.60. The lowest BCUT2D eigenvalue weighted by Crippen LogP contribution is -2.51. The number of sulfonamides is 1. The Labute approximate surface area is 175 Å². The van der Waals surface area contributed by atoms with Crippen molar-refractivity contribution in [1.29, 1.82) is 0 Å². The summed E-state index contributed by atoms with van der Waals surface area (Å²) in [4.78, 5) is 17.1. The average Bonchev–Trinajstić information content (AvgIpc) is 3.41. The van der Waals surface area contributed by atoms with Gasteiger partial charge < -0.3 is 9.42 Å². The molecule has 0 N–H and O–H groups in total. The fraction of sp³-hybridized carbons (Fsp3) is 0.579. The molecule has 8 nitrogen and oxygen atoms in total. The Bertz CT molecular complexity index is 925. The number of hydrogen-bond acceptors (Lipinski definition) is 7. The summed E-state index contributed by atoms with van der Waals surface area (Å²) in [5.41, 5.74) is 0.918. The van der Waals surface area contributed by atoms with E-state index in [1.807, 2.05) is 17.9 Å². The Morgan fingerprint density at radius 2 is 1.93 bits per heavy atom. The number of aromatic nitrogens is 1. The van der Waals surface area contributed by atoms with Crippen molar-refractivity contribution in [3.8, 4) is 0 Å². The van der Waals surface area contributed by atoms with E-state index < -0.39 is 10.0 Å². The van der Waals surface area contributed by atoms with Gasteiger partial charge in [0, 0.05) is 57.8 Å². The third-order valence-corrected chi connectivity index (χ3v) is 8.91. The molecule has 0 unspecified atom stereocenters. The van der Waals surface area contributed by atoms with Crippen LogP contribution in [-0.4, -0.2) is 72.9 Å². The third kappa shape index (κ3) is 4.55. The predicted octanol–water partition coefficient (Wildman–Crippen LogP) is 1.79. The highest BCUT2D eigenvalue weighted by atomic mass is 32.2. The number of carbonyl (C=O) groups is 1. The molecule has 0 saturated carbocycles. The maximum absolute atomic E-state index is 12.9. The molecule has 4 rings (SSSR count). The Kier molecular flexibility index (Phi) is 6.05. The van der Waals surface area contributed by atoms with Gasteiger partial charge in [-0.05, 0) is 31.2 Å². The van der Waals surface area contributed by atoms with E-state index in [1.54, 1.807) is 17.5 Å². The highest BCUT2D eigenvalue weighted by Gasteiger charge is 2.35. The Morgan fingerprint density at radius 3 is 2.52 bits per heavy atom. The molecule has 2 saturated heterocycles. The second-order valence-electron chi connectivity index (χ2n) is 7.64. The van der Waals surface area contributed by atoms with E-state index in [0.29, 0.717) is 43.2 Å². The van der Waals surface area contributed by atoms with Crippen molar-refractivity contribution in [2.75, 3.05) is 39.3 Å². The maximum atomic E-state index is 12.9. The quantitative estimate of drug-likeness (QED) is 0.707. The van der Waals surface area contributed by atoms with Gasteiger partial charge in [0.05, 0.1) is 5.69 Å². The van der Waals surface area contributed by atoms with Crippen molar-refractivity contribution in [1.82, 2.24) is 19.3 Å². The van der Waals surface area contributed by atoms with E-state index >= 15 is 0 Å². The highest BCUT2D eigenvalue weighted by molar-refractivity contribution is 7.91. The SMILES string of the molecule is Cc1cc(CN2CCN(C(=O)C3CCN(S(=O)(=O)c4cccs4)CC3)CC2)no1. The van der Waals surface area contributed by atoms with E-state index in [9.17, 15) is 13.2 Å². The molecule has 2 aliphatic rings. The van der Waals surface area contributed by atoms with Crippen molar-refractivity contribution in [2.45, 2.75) is 30.5 Å². The second-order valence-corrected chi connectivity index (χ2v) is 10.8. The van der Waals surface area contributed by atoms with Crippen LogP contribution in [0.4, 0.5) is 0 Å². The van der Waals surface area contributed by atoms with Crippen LogP contribution in [-0.2, 0) is 21.4 Å². The molecule has 29 heavy (non-hydrogen) atoms. The van der Waals surface area contributed by atoms with Gasteiger partial charge in [0.15, 0.2) is 0 Å². The Hall–Kier alpha value is -1.75. The van der Waals surface area contributed by atoms with Gasteiger partial charge in [0.25, 0.3) is 10.0 Å². The number of amides is 1. The zero-order valence-corrected chi connectivity index (χ0v) is 18.1. The minimum atomic E-state index is -3.42. The number of rotatable bonds is 5. The van der Waals surface area contributed by atoms with Crippen LogP contribution in [0.3, 0.4) is 0 Å². The van der Waals surface area contributed by atoms with E-state index in [0.717, 1.165) is 31.1 Å². The van der Waals surface area contributed by atoms with Crippen molar-refractivity contribution in [3.05, 3.63) is 35.0 Å². The van der Waals surface area contributed by atoms with Crippen LogP contribution in [0.5, 0.6) is 0 Å². The van der Waals surface area contributed by atoms with Crippen LogP contribution in [0.1, 0.15) is 24.3 Å². The molecule has 2 fully saturated rings. The molecule has 2 aliphatic heterocycles. The normalized spacial score (nSPS) is 20.2. The van der Waals surface area contributed by atoms with Crippen LogP contribution < -0.4 is 0 Å². The van der Waals surface area contributed by atoms with Crippen LogP contribution >= 0.6 is 11.3 Å². The number of aryl methyl sites for hydroxylation is 1. The van der Waals surface area contributed by atoms with Gasteiger partial charge in [-0.2, -0.15) is 4.31 Å². The first-order valence-corrected chi connectivity index (χ1v) is 12.2. The lowest BCUT2D eigenvalue weighted by Gasteiger charge is -2.38. The summed E-state index contributed by atoms with van der Waals surface area (Å²) in [6.45, 7) is 6.44. The number of piperidine rings is 1. The van der Waals surface area contributed by atoms with Crippen LogP contribution in [0.15, 0.2) is 32.3 Å². The molecule has 0 spiro atoms. The molecule has 158 valence electrons. The van der Waals surface area contributed by atoms with Gasteiger partial charge in [-0.15, -0.1) is 11.3 Å². The molecule has 0 bridgehead atoms. The minimum Gasteiger partial charge on any atom is -0.361 e. The second kappa shape index (κ2) is 8.55. The molecule has 2 aromatic rings. The summed E-state index contributed by atoms with van der Waals surface area (Å²) in [5.74, 6) is 0.880. The fourth-order valence-electron chi connectivity index (χ4n) is 3.99. The highest BCUT2D eigenvalue weighted by Crippen LogP contribution is 2.27. The molecule has 10 heteroatoms. The molecule has 1 amide bonds. The van der Waals surface area contributed by atoms with Gasteiger partial charge in [-0.1, -0.05) is 11.2 Å². The summed E-state index contributed by atoms with van der Waals surface area (Å²) >= 11 is 1.24. The molecule has 4 heterocycles. The summed E-state index contributed by atoms with van der Waals surface area (Å²) in [5, 5.41) is 5.80. The first kappa shape index (κ1) is 20.5. The third-order valence-electron chi connectivity index (χ3n) is 5.64. The smallest absolute Gasteiger partial charge is 0.252 e. The standard InChI is InChI=1S/C19H26N4O4S2/c1-15-13-17(20-27-15)14-21-8-10-22(11-9-21)19(24)16-4-6-23(7-5-16)29(25,26)18-3-2-12-28-18/h2-3,12-13,16H,4-11,14H2,1H3. The first-order valence-electron chi connectivity index (χ1n) is 9.90. The van der Waals surface area contributed by atoms with Crippen molar-refractivity contribution in [2.24, 2.45) is 5.92 Å². The molecule has 0 radical (unpaired) electrons. The topological polar surface area (TPSA) is 87.0 Å². The zero-order chi connectivity index (χ0) is 20.4. The first-order chi connectivity index (χ1) is 13.9. The van der Waals surface area contributed by atoms with E-state index in [2.05, 4.69) is 10.1 Å². The van der Waals surface area contributed by atoms with Crippen molar-refractivity contribution in [3.63, 3.8) is 0 Å². The Balaban J connectivity index is 1.26. The maximum Gasteiger partial charge on any atom is 0.252 e. The number of hydrogen-bond donors (Lipinski definition) is 0. The zero-order valence-electron chi connectivity index (χ0n) is 16.5. The van der Waals surface area contributed by atoms with Crippen LogP contribution in [0.2, 0.25) is 0 Å². The van der Waals surface area contributed by atoms with E-state index in [1.165, 1.54) is 15.6 Å². The lowest BCUT2D eigenvalue weighted by molar-refractivity contribution is -0.138. The predicted molar refractivity (Wildman–Crippen MR) is 109 cm³/mol. The van der Waals surface area contributed by atoms with Crippen LogP contribution in [0, 0.1) is 12.8 Å². The molecule has 0 atom stereocenters. The summed E-state index contributed by atoms with van der Waals surface area (Å²) in [6, 6.07) is 5.32. The van der Waals surface area contributed by atoms with E-state index in [-0.39, 0.29) is 11.8 Å². The lowest BCUT2D eigenvalue weighted by atomic mass is 9.96. The van der Waals surface area contributed by atoms with Gasteiger partial charge in [0.1, 0.15) is 9.97 Å². The summed E-state index contributed by atoms with van der Waals surface area (Å²) in [6.07, 6.45) is 1.17. The van der Waals surface area contributed by atoms with Crippen molar-refractivity contribution < 1.29 is 17.7 Å². The molecule has 0 aliphatic carbocycles. The van der Waals surface area contributed by atoms with Gasteiger partial charge in [-0.25, -0.2) is 8.42 Å². The summed E-state index contributed by atoms with van der Waals surface area (Å²) in [7, 11) is -3.42. The van der Waals surface area contributed by atoms with Gasteiger partial charge in [-0.3, -0.25) is 9.69 Å². The van der Waals surface area contributed by atoms with Crippen molar-refractivity contribution >= 4 is 27.3 Å². The number of thiophene rings is 1. The molecular weight excluding hydrogens is 412 g/mol. The Morgan fingerprint density at radius 1 is 1.21 bits per heavy atom. The monoisotopic (exact) mass is 438 g/mol. The molecular formula is C19H26N4O4S2. The van der Waals surface area contributed by atoms with E-state index in [4.69, 9.17) is 4.52 Å². The summed E-state index contributed by atoms with van der Waals surface area (Å²) < 4.78 is 32.3. The molecule has 0 aromatic carbocycles. The van der Waals surface area contributed by atoms with Crippen LogP contribution in [0.25, 0.3) is 0 Å².